The summed E-state index contributed by atoms with van der Waals surface area (Å²) in [6, 6.07) is 0. The van der Waals surface area contributed by atoms with Crippen molar-refractivity contribution < 1.29 is 0 Å². The van der Waals surface area contributed by atoms with Crippen LogP contribution in [-0.4, -0.2) is 48.7 Å². The highest BCUT2D eigenvalue weighted by Gasteiger charge is 2.16. The Kier molecular flexibility index (Phi) is 5.68. The fourth-order valence-electron chi connectivity index (χ4n) is 2.20. The molecule has 0 saturated carbocycles. The molecule has 0 aliphatic carbocycles. The van der Waals surface area contributed by atoms with Crippen molar-refractivity contribution in [3.8, 4) is 0 Å². The van der Waals surface area contributed by atoms with Gasteiger partial charge in [0.2, 0.25) is 0 Å². The number of nitrogens with one attached hydrogen (secondary N) is 2. The maximum absolute atomic E-state index is 3.65. The maximum Gasteiger partial charge on any atom is 0.0263 e. The summed E-state index contributed by atoms with van der Waals surface area (Å²) in [5.74, 6) is 4.93. The summed E-state index contributed by atoms with van der Waals surface area (Å²) < 4.78 is 0. The predicted octanol–water partition coefficient (Wildman–Crippen LogP) is 1.42. The Labute approximate surface area is 102 Å². The summed E-state index contributed by atoms with van der Waals surface area (Å²) in [4.78, 5) is 0. The van der Waals surface area contributed by atoms with Crippen LogP contribution in [0.25, 0.3) is 0 Å². The molecule has 2 saturated heterocycles. The van der Waals surface area contributed by atoms with Crippen molar-refractivity contribution in [1.82, 2.24) is 10.6 Å². The van der Waals surface area contributed by atoms with Gasteiger partial charge in [-0.2, -0.15) is 23.5 Å². The molecule has 0 bridgehead atoms. The third-order valence-electron chi connectivity index (χ3n) is 3.09. The number of piperidine rings is 1. The first kappa shape index (κ1) is 12.1. The third-order valence-corrected chi connectivity index (χ3v) is 5.93. The van der Waals surface area contributed by atoms with E-state index in [0.717, 1.165) is 11.2 Å². The lowest BCUT2D eigenvalue weighted by Gasteiger charge is -2.25. The molecule has 88 valence electrons. The topological polar surface area (TPSA) is 24.1 Å². The highest BCUT2D eigenvalue weighted by molar-refractivity contribution is 8.06. The Morgan fingerprint density at radius 2 is 2.27 bits per heavy atom. The molecule has 2 rings (SSSR count). The van der Waals surface area contributed by atoms with Crippen molar-refractivity contribution in [2.75, 3.05) is 43.4 Å². The summed E-state index contributed by atoms with van der Waals surface area (Å²) in [6.45, 7) is 4.88. The van der Waals surface area contributed by atoms with Crippen LogP contribution in [0.2, 0.25) is 0 Å². The minimum absolute atomic E-state index is 0.861. The molecule has 2 heterocycles. The lowest BCUT2D eigenvalue weighted by atomic mass is 10.00. The minimum Gasteiger partial charge on any atom is -0.316 e. The second kappa shape index (κ2) is 7.05. The van der Waals surface area contributed by atoms with Gasteiger partial charge in [-0.25, -0.2) is 0 Å². The molecule has 0 aromatic carbocycles. The molecule has 2 aliphatic heterocycles. The first-order valence-corrected chi connectivity index (χ1v) is 8.26. The Morgan fingerprint density at radius 3 is 3.00 bits per heavy atom. The van der Waals surface area contributed by atoms with E-state index >= 15 is 0 Å². The lowest BCUT2D eigenvalue weighted by Crippen LogP contribution is -2.38. The molecule has 15 heavy (non-hydrogen) atoms. The Morgan fingerprint density at radius 1 is 1.27 bits per heavy atom. The van der Waals surface area contributed by atoms with E-state index in [9.17, 15) is 0 Å². The number of thioether (sulfide) groups is 2. The first-order valence-electron chi connectivity index (χ1n) is 6.06. The van der Waals surface area contributed by atoms with Crippen molar-refractivity contribution in [2.24, 2.45) is 5.92 Å². The van der Waals surface area contributed by atoms with Crippen LogP contribution in [0, 0.1) is 5.92 Å². The van der Waals surface area contributed by atoms with Crippen LogP contribution in [0.4, 0.5) is 0 Å². The van der Waals surface area contributed by atoms with Crippen molar-refractivity contribution in [1.29, 1.82) is 0 Å². The van der Waals surface area contributed by atoms with Crippen LogP contribution in [0.15, 0.2) is 0 Å². The second-order valence-electron chi connectivity index (χ2n) is 4.44. The standard InChI is InChI=1S/C11H22N2S2/c1-2-10(6-12-3-1)7-13-8-11-9-14-4-5-15-11/h10-13H,1-9H2. The molecular formula is C11H22N2S2. The van der Waals surface area contributed by atoms with Crippen LogP contribution in [-0.2, 0) is 0 Å². The predicted molar refractivity (Wildman–Crippen MR) is 72.0 cm³/mol. The van der Waals surface area contributed by atoms with E-state index in [0.29, 0.717) is 0 Å². The van der Waals surface area contributed by atoms with Crippen LogP contribution in [0.3, 0.4) is 0 Å². The Bertz CT molecular complexity index is 148. The number of rotatable bonds is 4. The Balaban J connectivity index is 1.53. The molecule has 2 atom stereocenters. The SMILES string of the molecule is C1CNCC(CNCC2CSCCS2)C1. The van der Waals surface area contributed by atoms with Crippen LogP contribution < -0.4 is 10.6 Å². The Hall–Kier alpha value is 0.620. The van der Waals surface area contributed by atoms with E-state index in [1.165, 1.54) is 56.3 Å². The largest absolute Gasteiger partial charge is 0.316 e. The van der Waals surface area contributed by atoms with Gasteiger partial charge in [0, 0.05) is 29.1 Å². The van der Waals surface area contributed by atoms with Gasteiger partial charge >= 0.3 is 0 Å². The van der Waals surface area contributed by atoms with Gasteiger partial charge in [0.05, 0.1) is 0 Å². The van der Waals surface area contributed by atoms with Crippen molar-refractivity contribution in [2.45, 2.75) is 18.1 Å². The molecule has 0 radical (unpaired) electrons. The zero-order valence-corrected chi connectivity index (χ0v) is 11.0. The zero-order valence-electron chi connectivity index (χ0n) is 9.34. The van der Waals surface area contributed by atoms with Crippen LogP contribution >= 0.6 is 23.5 Å². The summed E-state index contributed by atoms with van der Waals surface area (Å²) in [5, 5.41) is 7.99. The van der Waals surface area contributed by atoms with E-state index in [4.69, 9.17) is 0 Å². The summed E-state index contributed by atoms with van der Waals surface area (Å²) >= 11 is 4.27. The average molecular weight is 246 g/mol. The summed E-state index contributed by atoms with van der Waals surface area (Å²) in [7, 11) is 0. The van der Waals surface area contributed by atoms with E-state index in [-0.39, 0.29) is 0 Å². The lowest BCUT2D eigenvalue weighted by molar-refractivity contribution is 0.361. The molecule has 0 aromatic heterocycles. The molecule has 0 amide bonds. The molecule has 2 fully saturated rings. The molecule has 2 aliphatic rings. The van der Waals surface area contributed by atoms with Crippen LogP contribution in [0.5, 0.6) is 0 Å². The van der Waals surface area contributed by atoms with Crippen LogP contribution in [0.1, 0.15) is 12.8 Å². The quantitative estimate of drug-likeness (QED) is 0.783. The minimum atomic E-state index is 0.861. The second-order valence-corrected chi connectivity index (χ2v) is 7.00. The summed E-state index contributed by atoms with van der Waals surface area (Å²) in [6.07, 6.45) is 2.77. The fraction of sp³-hybridized carbons (Fsp3) is 1.00. The number of hydrogen-bond donors (Lipinski definition) is 2. The normalized spacial score (nSPS) is 32.8. The van der Waals surface area contributed by atoms with E-state index in [1.807, 2.05) is 0 Å². The van der Waals surface area contributed by atoms with Gasteiger partial charge in [-0.3, -0.25) is 0 Å². The van der Waals surface area contributed by atoms with Gasteiger partial charge in [-0.1, -0.05) is 0 Å². The molecule has 0 spiro atoms. The molecule has 4 heteroatoms. The highest BCUT2D eigenvalue weighted by Crippen LogP contribution is 2.23. The first-order chi connectivity index (χ1) is 7.45. The van der Waals surface area contributed by atoms with Gasteiger partial charge in [-0.05, 0) is 38.4 Å². The summed E-state index contributed by atoms with van der Waals surface area (Å²) in [5.41, 5.74) is 0. The van der Waals surface area contributed by atoms with Crippen molar-refractivity contribution in [3.05, 3.63) is 0 Å². The van der Waals surface area contributed by atoms with Gasteiger partial charge in [-0.15, -0.1) is 0 Å². The van der Waals surface area contributed by atoms with E-state index < -0.39 is 0 Å². The van der Waals surface area contributed by atoms with Crippen molar-refractivity contribution in [3.63, 3.8) is 0 Å². The van der Waals surface area contributed by atoms with E-state index in [2.05, 4.69) is 34.2 Å². The van der Waals surface area contributed by atoms with Gasteiger partial charge in [0.15, 0.2) is 0 Å². The monoisotopic (exact) mass is 246 g/mol. The number of hydrogen-bond acceptors (Lipinski definition) is 4. The fourth-order valence-corrected chi connectivity index (χ4v) is 4.85. The van der Waals surface area contributed by atoms with E-state index in [1.54, 1.807) is 0 Å². The van der Waals surface area contributed by atoms with Gasteiger partial charge in [0.25, 0.3) is 0 Å². The molecule has 2 unspecified atom stereocenters. The average Bonchev–Trinajstić information content (AvgIpc) is 2.32. The zero-order chi connectivity index (χ0) is 10.3. The molecule has 2 nitrogen and oxygen atoms in total. The maximum atomic E-state index is 3.65. The van der Waals surface area contributed by atoms with Crippen molar-refractivity contribution >= 4 is 23.5 Å². The van der Waals surface area contributed by atoms with Gasteiger partial charge in [0.1, 0.15) is 0 Å². The van der Waals surface area contributed by atoms with Gasteiger partial charge < -0.3 is 10.6 Å². The third kappa shape index (κ3) is 4.55. The highest BCUT2D eigenvalue weighted by atomic mass is 32.2. The molecular weight excluding hydrogens is 224 g/mol. The molecule has 2 N–H and O–H groups in total. The smallest absolute Gasteiger partial charge is 0.0263 e. The molecule has 0 aromatic rings.